The van der Waals surface area contributed by atoms with E-state index < -0.39 is 0 Å². The molecule has 1 aromatic heterocycles. The maximum Gasteiger partial charge on any atom is 0.255 e. The fourth-order valence-corrected chi connectivity index (χ4v) is 1.75. The van der Waals surface area contributed by atoms with Crippen LogP contribution in [0.3, 0.4) is 0 Å². The van der Waals surface area contributed by atoms with Gasteiger partial charge in [-0.05, 0) is 29.2 Å². The van der Waals surface area contributed by atoms with Crippen LogP contribution >= 0.6 is 0 Å². The Morgan fingerprint density at radius 3 is 2.05 bits per heavy atom. The van der Waals surface area contributed by atoms with Gasteiger partial charge in [-0.3, -0.25) is 13.8 Å². The molecule has 0 aliphatic rings. The van der Waals surface area contributed by atoms with E-state index in [1.165, 1.54) is 0 Å². The second-order valence-electron chi connectivity index (χ2n) is 5.21. The van der Waals surface area contributed by atoms with Crippen LogP contribution in [0.4, 0.5) is 4.39 Å². The molecule has 2 nitrogen and oxygen atoms in total. The number of hydrogen-bond acceptors (Lipinski definition) is 1. The molecular weight excluding hydrogens is 241 g/mol. The molecule has 1 aromatic carbocycles. The summed E-state index contributed by atoms with van der Waals surface area (Å²) in [4.78, 5) is 12.1. The molecule has 102 valence electrons. The van der Waals surface area contributed by atoms with Crippen molar-refractivity contribution < 1.29 is 4.39 Å². The fourth-order valence-electron chi connectivity index (χ4n) is 1.75. The number of rotatable bonds is 1. The van der Waals surface area contributed by atoms with Gasteiger partial charge in [0.15, 0.2) is 0 Å². The fraction of sp³-hybridized carbons (Fsp3) is 0.312. The number of para-hydroxylation sites is 1. The molecule has 19 heavy (non-hydrogen) atoms. The Bertz CT molecular complexity index is 567. The smallest absolute Gasteiger partial charge is 0.255 e. The molecule has 0 radical (unpaired) electrons. The number of benzene rings is 1. The molecule has 0 bridgehead atoms. The van der Waals surface area contributed by atoms with Crippen molar-refractivity contribution in [3.05, 3.63) is 64.6 Å². The zero-order valence-electron chi connectivity index (χ0n) is 11.9. The third kappa shape index (κ3) is 3.78. The Morgan fingerprint density at radius 1 is 1.00 bits per heavy atom. The average molecular weight is 261 g/mol. The molecule has 0 aliphatic heterocycles. The Labute approximate surface area is 113 Å². The van der Waals surface area contributed by atoms with Crippen LogP contribution in [-0.4, -0.2) is 11.7 Å². The monoisotopic (exact) mass is 261 g/mol. The second-order valence-corrected chi connectivity index (χ2v) is 5.21. The maximum atomic E-state index is 12.1. The minimum Gasteiger partial charge on any atom is -0.284 e. The van der Waals surface area contributed by atoms with Gasteiger partial charge in [-0.25, -0.2) is 0 Å². The first-order chi connectivity index (χ1) is 8.98. The summed E-state index contributed by atoms with van der Waals surface area (Å²) in [5.41, 5.74) is 1.99. The number of aromatic nitrogens is 1. The van der Waals surface area contributed by atoms with Gasteiger partial charge in [0.1, 0.15) is 0 Å². The molecule has 0 unspecified atom stereocenters. The van der Waals surface area contributed by atoms with E-state index in [0.717, 1.165) is 11.3 Å². The molecule has 0 fully saturated rings. The topological polar surface area (TPSA) is 22.0 Å². The van der Waals surface area contributed by atoms with Gasteiger partial charge in [0.05, 0.1) is 7.18 Å². The highest BCUT2D eigenvalue weighted by molar-refractivity contribution is 5.33. The Kier molecular flexibility index (Phi) is 5.04. The molecule has 0 aliphatic carbocycles. The van der Waals surface area contributed by atoms with E-state index in [2.05, 4.69) is 20.8 Å². The van der Waals surface area contributed by atoms with E-state index in [1.54, 1.807) is 10.6 Å². The Hall–Kier alpha value is -1.90. The molecule has 0 spiro atoms. The summed E-state index contributed by atoms with van der Waals surface area (Å²) in [6.45, 7) is 6.32. The predicted molar refractivity (Wildman–Crippen MR) is 77.8 cm³/mol. The summed E-state index contributed by atoms with van der Waals surface area (Å²) in [7, 11) is 0.500. The summed E-state index contributed by atoms with van der Waals surface area (Å²) in [6.07, 6.45) is 1.85. The third-order valence-corrected chi connectivity index (χ3v) is 2.82. The zero-order valence-corrected chi connectivity index (χ0v) is 11.9. The molecule has 0 saturated heterocycles. The standard InChI is InChI=1S/C15H17NO.CH3F/c1-15(2,3)12-9-10-16(14(17)11-12)13-7-5-4-6-8-13;1-2/h4-11H,1-3H3;1H3. The predicted octanol–water partition coefficient (Wildman–Crippen LogP) is 3.72. The van der Waals surface area contributed by atoms with E-state index in [0.29, 0.717) is 7.18 Å². The van der Waals surface area contributed by atoms with Crippen LogP contribution in [0.1, 0.15) is 26.3 Å². The van der Waals surface area contributed by atoms with Crippen LogP contribution in [0.2, 0.25) is 0 Å². The highest BCUT2D eigenvalue weighted by Gasteiger charge is 2.14. The first kappa shape index (κ1) is 15.2. The maximum absolute atomic E-state index is 12.1. The lowest BCUT2D eigenvalue weighted by molar-refractivity contribution is 0.587. The lowest BCUT2D eigenvalue weighted by Gasteiger charge is -2.19. The van der Waals surface area contributed by atoms with Gasteiger partial charge in [0, 0.05) is 18.0 Å². The van der Waals surface area contributed by atoms with Crippen molar-refractivity contribution in [3.63, 3.8) is 0 Å². The molecule has 2 aromatic rings. The largest absolute Gasteiger partial charge is 0.284 e. The van der Waals surface area contributed by atoms with Crippen LogP contribution in [-0.2, 0) is 5.41 Å². The minimum absolute atomic E-state index is 0.00887. The average Bonchev–Trinajstić information content (AvgIpc) is 2.41. The lowest BCUT2D eigenvalue weighted by Crippen LogP contribution is -2.21. The lowest BCUT2D eigenvalue weighted by atomic mass is 9.88. The second kappa shape index (κ2) is 6.32. The SMILES string of the molecule is CC(C)(C)c1ccn(-c2ccccc2)c(=O)c1.CF. The molecule has 1 heterocycles. The van der Waals surface area contributed by atoms with Gasteiger partial charge in [-0.1, -0.05) is 39.0 Å². The summed E-state index contributed by atoms with van der Waals surface area (Å²) in [5.74, 6) is 0. The van der Waals surface area contributed by atoms with E-state index in [1.807, 2.05) is 42.6 Å². The van der Waals surface area contributed by atoms with Crippen LogP contribution in [0.15, 0.2) is 53.5 Å². The number of halogens is 1. The van der Waals surface area contributed by atoms with Crippen molar-refractivity contribution in [1.82, 2.24) is 4.57 Å². The summed E-state index contributed by atoms with van der Waals surface area (Å²) < 4.78 is 11.2. The number of alkyl halides is 1. The van der Waals surface area contributed by atoms with Crippen LogP contribution < -0.4 is 5.56 Å². The number of nitrogens with zero attached hydrogens (tertiary/aromatic N) is 1. The summed E-state index contributed by atoms with van der Waals surface area (Å²) in [6, 6.07) is 13.4. The van der Waals surface area contributed by atoms with Gasteiger partial charge in [0.2, 0.25) is 0 Å². The van der Waals surface area contributed by atoms with Gasteiger partial charge in [-0.2, -0.15) is 0 Å². The van der Waals surface area contributed by atoms with Gasteiger partial charge >= 0.3 is 0 Å². The van der Waals surface area contributed by atoms with E-state index in [4.69, 9.17) is 0 Å². The first-order valence-corrected chi connectivity index (χ1v) is 6.15. The van der Waals surface area contributed by atoms with E-state index in [-0.39, 0.29) is 11.0 Å². The van der Waals surface area contributed by atoms with E-state index in [9.17, 15) is 9.18 Å². The Morgan fingerprint density at radius 2 is 1.58 bits per heavy atom. The van der Waals surface area contributed by atoms with Crippen molar-refractivity contribution in [3.8, 4) is 5.69 Å². The van der Waals surface area contributed by atoms with Crippen molar-refractivity contribution in [1.29, 1.82) is 0 Å². The highest BCUT2D eigenvalue weighted by atomic mass is 19.1. The van der Waals surface area contributed by atoms with Gasteiger partial charge < -0.3 is 0 Å². The van der Waals surface area contributed by atoms with Crippen molar-refractivity contribution >= 4 is 0 Å². The molecule has 2 rings (SSSR count). The molecule has 0 amide bonds. The normalized spacial score (nSPS) is 10.6. The van der Waals surface area contributed by atoms with Crippen molar-refractivity contribution in [2.24, 2.45) is 0 Å². The molecule has 0 saturated carbocycles. The quantitative estimate of drug-likeness (QED) is 0.767. The highest BCUT2D eigenvalue weighted by Crippen LogP contribution is 2.20. The van der Waals surface area contributed by atoms with Crippen molar-refractivity contribution in [2.75, 3.05) is 7.18 Å². The molecule has 3 heteroatoms. The first-order valence-electron chi connectivity index (χ1n) is 6.15. The minimum atomic E-state index is 0.00887. The Balaban J connectivity index is 0.000000861. The van der Waals surface area contributed by atoms with Gasteiger partial charge in [-0.15, -0.1) is 0 Å². The molecule has 0 N–H and O–H groups in total. The van der Waals surface area contributed by atoms with Gasteiger partial charge in [0.25, 0.3) is 5.56 Å². The van der Waals surface area contributed by atoms with Crippen LogP contribution in [0, 0.1) is 0 Å². The number of pyridine rings is 1. The molecule has 0 atom stereocenters. The van der Waals surface area contributed by atoms with Crippen LogP contribution in [0.5, 0.6) is 0 Å². The van der Waals surface area contributed by atoms with E-state index >= 15 is 0 Å². The third-order valence-electron chi connectivity index (χ3n) is 2.82. The van der Waals surface area contributed by atoms with Crippen LogP contribution in [0.25, 0.3) is 5.69 Å². The number of hydrogen-bond donors (Lipinski definition) is 0. The summed E-state index contributed by atoms with van der Waals surface area (Å²) in [5, 5.41) is 0. The summed E-state index contributed by atoms with van der Waals surface area (Å²) >= 11 is 0. The van der Waals surface area contributed by atoms with Crippen molar-refractivity contribution in [2.45, 2.75) is 26.2 Å². The molecular formula is C16H20FNO. The zero-order chi connectivity index (χ0) is 14.5.